The molecule has 2 N–H and O–H groups in total. The van der Waals surface area contributed by atoms with E-state index in [0.717, 1.165) is 16.5 Å². The Kier molecular flexibility index (Phi) is 4.66. The second kappa shape index (κ2) is 6.11. The summed E-state index contributed by atoms with van der Waals surface area (Å²) in [5, 5.41) is 0. The summed E-state index contributed by atoms with van der Waals surface area (Å²) in [5.41, 5.74) is 10.3. The van der Waals surface area contributed by atoms with Crippen molar-refractivity contribution in [2.24, 2.45) is 5.73 Å². The van der Waals surface area contributed by atoms with Crippen LogP contribution >= 0.6 is 15.9 Å². The molecule has 1 unspecified atom stereocenters. The SMILES string of the molecule is CC(C)(C)c1ccc(CC(N)c2ccccc2Br)cc1. The Hall–Kier alpha value is -1.12. The van der Waals surface area contributed by atoms with Gasteiger partial charge in [-0.1, -0.05) is 79.2 Å². The smallest absolute Gasteiger partial charge is 0.0347 e. The maximum Gasteiger partial charge on any atom is 0.0347 e. The maximum atomic E-state index is 6.32. The van der Waals surface area contributed by atoms with Crippen LogP contribution in [0, 0.1) is 0 Å². The van der Waals surface area contributed by atoms with Gasteiger partial charge in [0, 0.05) is 10.5 Å². The third kappa shape index (κ3) is 3.71. The van der Waals surface area contributed by atoms with Gasteiger partial charge in [0.15, 0.2) is 0 Å². The lowest BCUT2D eigenvalue weighted by Crippen LogP contribution is -2.14. The second-order valence-corrected chi connectivity index (χ2v) is 7.13. The van der Waals surface area contributed by atoms with Gasteiger partial charge in [0.1, 0.15) is 0 Å². The number of hydrogen-bond acceptors (Lipinski definition) is 1. The van der Waals surface area contributed by atoms with Crippen molar-refractivity contribution in [3.8, 4) is 0 Å². The Bertz CT molecular complexity index is 567. The Morgan fingerprint density at radius 2 is 1.60 bits per heavy atom. The van der Waals surface area contributed by atoms with Gasteiger partial charge in [0.2, 0.25) is 0 Å². The van der Waals surface area contributed by atoms with Crippen LogP contribution in [0.3, 0.4) is 0 Å². The van der Waals surface area contributed by atoms with E-state index in [9.17, 15) is 0 Å². The van der Waals surface area contributed by atoms with Crippen LogP contribution in [-0.4, -0.2) is 0 Å². The number of benzene rings is 2. The molecule has 106 valence electrons. The molecule has 0 aliphatic carbocycles. The summed E-state index contributed by atoms with van der Waals surface area (Å²) in [7, 11) is 0. The van der Waals surface area contributed by atoms with Gasteiger partial charge in [-0.05, 0) is 34.6 Å². The minimum Gasteiger partial charge on any atom is -0.324 e. The van der Waals surface area contributed by atoms with Gasteiger partial charge in [-0.2, -0.15) is 0 Å². The Balaban J connectivity index is 2.13. The number of nitrogens with two attached hydrogens (primary N) is 1. The molecule has 0 bridgehead atoms. The molecule has 0 aliphatic heterocycles. The van der Waals surface area contributed by atoms with Crippen molar-refractivity contribution in [2.75, 3.05) is 0 Å². The highest BCUT2D eigenvalue weighted by Gasteiger charge is 2.14. The van der Waals surface area contributed by atoms with Crippen molar-refractivity contribution in [1.82, 2.24) is 0 Å². The second-order valence-electron chi connectivity index (χ2n) is 6.28. The normalized spacial score (nSPS) is 13.2. The van der Waals surface area contributed by atoms with Crippen molar-refractivity contribution in [2.45, 2.75) is 38.6 Å². The van der Waals surface area contributed by atoms with Crippen molar-refractivity contribution < 1.29 is 0 Å². The van der Waals surface area contributed by atoms with E-state index in [1.807, 2.05) is 18.2 Å². The van der Waals surface area contributed by atoms with Crippen molar-refractivity contribution in [3.63, 3.8) is 0 Å². The zero-order valence-electron chi connectivity index (χ0n) is 12.4. The van der Waals surface area contributed by atoms with Crippen LogP contribution in [-0.2, 0) is 11.8 Å². The third-order valence-corrected chi connectivity index (χ3v) is 4.30. The van der Waals surface area contributed by atoms with Gasteiger partial charge in [-0.25, -0.2) is 0 Å². The molecule has 20 heavy (non-hydrogen) atoms. The van der Waals surface area contributed by atoms with E-state index in [1.165, 1.54) is 11.1 Å². The average molecular weight is 332 g/mol. The molecule has 0 aliphatic rings. The average Bonchev–Trinajstić information content (AvgIpc) is 2.38. The molecule has 0 saturated heterocycles. The van der Waals surface area contributed by atoms with E-state index >= 15 is 0 Å². The van der Waals surface area contributed by atoms with E-state index in [1.54, 1.807) is 0 Å². The van der Waals surface area contributed by atoms with E-state index in [4.69, 9.17) is 5.73 Å². The molecule has 0 fully saturated rings. The molecule has 0 aromatic heterocycles. The van der Waals surface area contributed by atoms with E-state index < -0.39 is 0 Å². The molecular weight excluding hydrogens is 310 g/mol. The predicted molar refractivity (Wildman–Crippen MR) is 89.9 cm³/mol. The molecule has 2 aromatic carbocycles. The lowest BCUT2D eigenvalue weighted by atomic mass is 9.86. The zero-order chi connectivity index (χ0) is 14.8. The molecule has 0 radical (unpaired) electrons. The molecule has 0 amide bonds. The minimum absolute atomic E-state index is 0.0195. The van der Waals surface area contributed by atoms with Crippen molar-refractivity contribution in [3.05, 3.63) is 69.7 Å². The number of rotatable bonds is 3. The van der Waals surface area contributed by atoms with Crippen LogP contribution in [0.4, 0.5) is 0 Å². The molecule has 0 saturated carbocycles. The van der Waals surface area contributed by atoms with Gasteiger partial charge in [-0.3, -0.25) is 0 Å². The summed E-state index contributed by atoms with van der Waals surface area (Å²) in [4.78, 5) is 0. The van der Waals surface area contributed by atoms with E-state index in [2.05, 4.69) is 67.0 Å². The number of hydrogen-bond donors (Lipinski definition) is 1. The summed E-state index contributed by atoms with van der Waals surface area (Å²) in [6, 6.07) is 17.0. The zero-order valence-corrected chi connectivity index (χ0v) is 13.9. The summed E-state index contributed by atoms with van der Waals surface area (Å²) in [5.74, 6) is 0. The van der Waals surface area contributed by atoms with Gasteiger partial charge < -0.3 is 5.73 Å². The Labute approximate surface area is 130 Å². The van der Waals surface area contributed by atoms with Crippen LogP contribution in [0.5, 0.6) is 0 Å². The lowest BCUT2D eigenvalue weighted by Gasteiger charge is -2.20. The highest BCUT2D eigenvalue weighted by atomic mass is 79.9. The first kappa shape index (κ1) is 15.3. The molecule has 2 heteroatoms. The van der Waals surface area contributed by atoms with Crippen molar-refractivity contribution in [1.29, 1.82) is 0 Å². The third-order valence-electron chi connectivity index (χ3n) is 3.58. The lowest BCUT2D eigenvalue weighted by molar-refractivity contribution is 0.589. The molecule has 0 spiro atoms. The fraction of sp³-hybridized carbons (Fsp3) is 0.333. The Morgan fingerprint density at radius 3 is 2.15 bits per heavy atom. The molecule has 1 atom stereocenters. The first-order valence-electron chi connectivity index (χ1n) is 6.97. The fourth-order valence-electron chi connectivity index (χ4n) is 2.28. The molecule has 1 nitrogen and oxygen atoms in total. The minimum atomic E-state index is 0.0195. The molecular formula is C18H22BrN. The predicted octanol–water partition coefficient (Wildman–Crippen LogP) is 4.99. The van der Waals surface area contributed by atoms with Crippen LogP contribution in [0.2, 0.25) is 0 Å². The van der Waals surface area contributed by atoms with E-state index in [-0.39, 0.29) is 11.5 Å². The van der Waals surface area contributed by atoms with Gasteiger partial charge >= 0.3 is 0 Å². The molecule has 0 heterocycles. The van der Waals surface area contributed by atoms with Crippen LogP contribution in [0.25, 0.3) is 0 Å². The number of halogens is 1. The summed E-state index contributed by atoms with van der Waals surface area (Å²) >= 11 is 3.57. The van der Waals surface area contributed by atoms with Crippen LogP contribution in [0.1, 0.15) is 43.5 Å². The largest absolute Gasteiger partial charge is 0.324 e. The van der Waals surface area contributed by atoms with Crippen molar-refractivity contribution >= 4 is 15.9 Å². The monoisotopic (exact) mass is 331 g/mol. The fourth-order valence-corrected chi connectivity index (χ4v) is 2.86. The molecule has 2 rings (SSSR count). The van der Waals surface area contributed by atoms with Gasteiger partial charge in [0.05, 0.1) is 0 Å². The Morgan fingerprint density at radius 1 is 1.00 bits per heavy atom. The van der Waals surface area contributed by atoms with E-state index in [0.29, 0.717) is 0 Å². The summed E-state index contributed by atoms with van der Waals surface area (Å²) in [6.07, 6.45) is 0.854. The summed E-state index contributed by atoms with van der Waals surface area (Å²) < 4.78 is 1.08. The summed E-state index contributed by atoms with van der Waals surface area (Å²) in [6.45, 7) is 6.69. The maximum absolute atomic E-state index is 6.32. The molecule has 2 aromatic rings. The standard InChI is InChI=1S/C18H22BrN/c1-18(2,3)14-10-8-13(9-11-14)12-17(20)15-6-4-5-7-16(15)19/h4-11,17H,12,20H2,1-3H3. The van der Waals surface area contributed by atoms with Gasteiger partial charge in [0.25, 0.3) is 0 Å². The van der Waals surface area contributed by atoms with Crippen LogP contribution < -0.4 is 5.73 Å². The first-order valence-corrected chi connectivity index (χ1v) is 7.76. The first-order chi connectivity index (χ1) is 9.38. The highest BCUT2D eigenvalue weighted by molar-refractivity contribution is 9.10. The highest BCUT2D eigenvalue weighted by Crippen LogP contribution is 2.26. The quantitative estimate of drug-likeness (QED) is 0.842. The topological polar surface area (TPSA) is 26.0 Å². The van der Waals surface area contributed by atoms with Crippen LogP contribution in [0.15, 0.2) is 53.0 Å². The van der Waals surface area contributed by atoms with Gasteiger partial charge in [-0.15, -0.1) is 0 Å².